The summed E-state index contributed by atoms with van der Waals surface area (Å²) < 4.78 is 33.1. The molecular formula is C17H15ClN2O3S. The maximum absolute atomic E-state index is 12.5. The summed E-state index contributed by atoms with van der Waals surface area (Å²) in [5, 5.41) is 0.372. The minimum atomic E-state index is -3.71. The molecule has 0 spiro atoms. The molecule has 0 amide bonds. The first-order valence-electron chi connectivity index (χ1n) is 7.17. The highest BCUT2D eigenvalue weighted by Crippen LogP contribution is 2.25. The van der Waals surface area contributed by atoms with E-state index in [1.54, 1.807) is 56.4 Å². The molecule has 0 aliphatic heterocycles. The van der Waals surface area contributed by atoms with E-state index in [1.807, 2.05) is 0 Å². The molecule has 0 unspecified atom stereocenters. The van der Waals surface area contributed by atoms with Gasteiger partial charge in [-0.2, -0.15) is 0 Å². The van der Waals surface area contributed by atoms with E-state index in [0.29, 0.717) is 27.9 Å². The van der Waals surface area contributed by atoms with E-state index in [0.717, 1.165) is 5.56 Å². The lowest BCUT2D eigenvalue weighted by molar-refractivity contribution is 0.534. The van der Waals surface area contributed by atoms with Crippen molar-refractivity contribution in [3.8, 4) is 11.3 Å². The van der Waals surface area contributed by atoms with Crippen molar-refractivity contribution in [2.24, 2.45) is 0 Å². The molecule has 1 heterocycles. The number of rotatable bonds is 4. The average molecular weight is 363 g/mol. The molecule has 0 fully saturated rings. The Morgan fingerprint density at radius 1 is 1.08 bits per heavy atom. The third-order valence-corrected chi connectivity index (χ3v) is 5.24. The summed E-state index contributed by atoms with van der Waals surface area (Å²) in [6.07, 6.45) is 1.63. The van der Waals surface area contributed by atoms with E-state index in [4.69, 9.17) is 16.0 Å². The van der Waals surface area contributed by atoms with Crippen LogP contribution >= 0.6 is 11.6 Å². The Morgan fingerprint density at radius 2 is 1.79 bits per heavy atom. The van der Waals surface area contributed by atoms with Crippen molar-refractivity contribution in [2.75, 3.05) is 4.72 Å². The van der Waals surface area contributed by atoms with Crippen molar-refractivity contribution in [3.05, 3.63) is 65.1 Å². The molecule has 0 saturated carbocycles. The summed E-state index contributed by atoms with van der Waals surface area (Å²) in [6, 6.07) is 11.6. The van der Waals surface area contributed by atoms with Crippen LogP contribution in [0.4, 0.5) is 5.69 Å². The Hall–Kier alpha value is -2.31. The number of aromatic nitrogens is 1. The van der Waals surface area contributed by atoms with Crippen molar-refractivity contribution < 1.29 is 12.8 Å². The molecule has 0 atom stereocenters. The monoisotopic (exact) mass is 362 g/mol. The van der Waals surface area contributed by atoms with Gasteiger partial charge in [0.15, 0.2) is 11.7 Å². The molecule has 2 aromatic carbocycles. The van der Waals surface area contributed by atoms with E-state index in [2.05, 4.69) is 9.71 Å². The van der Waals surface area contributed by atoms with E-state index < -0.39 is 10.0 Å². The van der Waals surface area contributed by atoms with E-state index in [1.165, 1.54) is 6.07 Å². The summed E-state index contributed by atoms with van der Waals surface area (Å²) in [7, 11) is -3.71. The summed E-state index contributed by atoms with van der Waals surface area (Å²) in [5.74, 6) is 1.21. The fraction of sp³-hybridized carbons (Fsp3) is 0.118. The van der Waals surface area contributed by atoms with Gasteiger partial charge in [-0.15, -0.1) is 0 Å². The van der Waals surface area contributed by atoms with Gasteiger partial charge in [-0.25, -0.2) is 13.4 Å². The zero-order chi connectivity index (χ0) is 17.3. The lowest BCUT2D eigenvalue weighted by atomic mass is 10.2. The number of nitrogens with one attached hydrogen (secondary N) is 1. The molecule has 5 nitrogen and oxygen atoms in total. The topological polar surface area (TPSA) is 72.2 Å². The van der Waals surface area contributed by atoms with Crippen LogP contribution < -0.4 is 4.72 Å². The van der Waals surface area contributed by atoms with Crippen LogP contribution in [-0.2, 0) is 10.0 Å². The maximum Gasteiger partial charge on any atom is 0.262 e. The van der Waals surface area contributed by atoms with Crippen LogP contribution in [-0.4, -0.2) is 13.4 Å². The first-order valence-corrected chi connectivity index (χ1v) is 9.03. The number of anilines is 1. The van der Waals surface area contributed by atoms with Gasteiger partial charge in [-0.1, -0.05) is 17.7 Å². The summed E-state index contributed by atoms with van der Waals surface area (Å²) in [4.78, 5) is 4.20. The molecule has 3 aromatic rings. The summed E-state index contributed by atoms with van der Waals surface area (Å²) in [6.45, 7) is 3.49. The number of hydrogen-bond acceptors (Lipinski definition) is 4. The van der Waals surface area contributed by atoms with Crippen LogP contribution in [0.5, 0.6) is 0 Å². The Balaban J connectivity index is 1.86. The number of sulfonamides is 1. The second-order valence-corrected chi connectivity index (χ2v) is 7.42. The Morgan fingerprint density at radius 3 is 2.42 bits per heavy atom. The summed E-state index contributed by atoms with van der Waals surface area (Å²) in [5.41, 5.74) is 1.90. The Kier molecular flexibility index (Phi) is 4.34. The Bertz CT molecular complexity index is 979. The van der Waals surface area contributed by atoms with Crippen molar-refractivity contribution in [1.82, 2.24) is 4.98 Å². The number of hydrogen-bond donors (Lipinski definition) is 1. The standard InChI is InChI=1S/C17H15ClN2O3S/c1-11-3-6-14(18)9-17(11)24(21,22)20-15-7-4-13(5-8-15)16-10-19-12(2)23-16/h3-10,20H,1-2H3. The van der Waals surface area contributed by atoms with Crippen LogP contribution in [0.25, 0.3) is 11.3 Å². The molecule has 0 aliphatic carbocycles. The smallest absolute Gasteiger partial charge is 0.262 e. The Labute approximate surface area is 145 Å². The molecule has 3 rings (SSSR count). The number of nitrogens with zero attached hydrogens (tertiary/aromatic N) is 1. The third-order valence-electron chi connectivity index (χ3n) is 3.48. The van der Waals surface area contributed by atoms with Crippen LogP contribution in [0.15, 0.2) is 58.0 Å². The van der Waals surface area contributed by atoms with Crippen molar-refractivity contribution in [1.29, 1.82) is 0 Å². The zero-order valence-corrected chi connectivity index (χ0v) is 14.6. The van der Waals surface area contributed by atoms with Crippen LogP contribution in [0.3, 0.4) is 0 Å². The first kappa shape index (κ1) is 16.5. The fourth-order valence-corrected chi connectivity index (χ4v) is 3.84. The predicted molar refractivity (Wildman–Crippen MR) is 93.7 cm³/mol. The van der Waals surface area contributed by atoms with Gasteiger partial charge in [0.1, 0.15) is 0 Å². The molecule has 0 saturated heterocycles. The minimum absolute atomic E-state index is 0.157. The van der Waals surface area contributed by atoms with Gasteiger partial charge in [-0.3, -0.25) is 4.72 Å². The lowest BCUT2D eigenvalue weighted by Crippen LogP contribution is -2.14. The predicted octanol–water partition coefficient (Wildman–Crippen LogP) is 4.41. The number of oxazole rings is 1. The molecule has 0 bridgehead atoms. The highest BCUT2D eigenvalue weighted by atomic mass is 35.5. The third kappa shape index (κ3) is 3.44. The highest BCUT2D eigenvalue weighted by molar-refractivity contribution is 7.92. The van der Waals surface area contributed by atoms with Crippen molar-refractivity contribution >= 4 is 27.3 Å². The lowest BCUT2D eigenvalue weighted by Gasteiger charge is -2.11. The highest BCUT2D eigenvalue weighted by Gasteiger charge is 2.17. The van der Waals surface area contributed by atoms with E-state index in [9.17, 15) is 8.42 Å². The molecule has 0 aliphatic rings. The first-order chi connectivity index (χ1) is 11.3. The SMILES string of the molecule is Cc1ncc(-c2ccc(NS(=O)(=O)c3cc(Cl)ccc3C)cc2)o1. The van der Waals surface area contributed by atoms with Gasteiger partial charge in [0, 0.05) is 23.2 Å². The van der Waals surface area contributed by atoms with E-state index >= 15 is 0 Å². The minimum Gasteiger partial charge on any atom is -0.441 e. The van der Waals surface area contributed by atoms with Gasteiger partial charge < -0.3 is 4.42 Å². The van der Waals surface area contributed by atoms with Crippen LogP contribution in [0, 0.1) is 13.8 Å². The van der Waals surface area contributed by atoms with Crippen LogP contribution in [0.1, 0.15) is 11.5 Å². The molecule has 124 valence electrons. The number of halogens is 1. The largest absolute Gasteiger partial charge is 0.441 e. The zero-order valence-electron chi connectivity index (χ0n) is 13.1. The normalized spacial score (nSPS) is 11.5. The van der Waals surface area contributed by atoms with Crippen molar-refractivity contribution in [2.45, 2.75) is 18.7 Å². The number of aryl methyl sites for hydroxylation is 2. The van der Waals surface area contributed by atoms with Gasteiger partial charge in [0.2, 0.25) is 0 Å². The molecule has 24 heavy (non-hydrogen) atoms. The van der Waals surface area contributed by atoms with Crippen molar-refractivity contribution in [3.63, 3.8) is 0 Å². The second-order valence-electron chi connectivity index (χ2n) is 5.34. The summed E-state index contributed by atoms with van der Waals surface area (Å²) >= 11 is 5.91. The quantitative estimate of drug-likeness (QED) is 0.746. The van der Waals surface area contributed by atoms with Gasteiger partial charge in [-0.05, 0) is 48.9 Å². The number of benzene rings is 2. The molecule has 7 heteroatoms. The second kappa shape index (κ2) is 6.30. The molecule has 1 N–H and O–H groups in total. The molecule has 1 aromatic heterocycles. The maximum atomic E-state index is 12.5. The van der Waals surface area contributed by atoms with Crippen LogP contribution in [0.2, 0.25) is 5.02 Å². The van der Waals surface area contributed by atoms with Gasteiger partial charge in [0.05, 0.1) is 11.1 Å². The van der Waals surface area contributed by atoms with E-state index in [-0.39, 0.29) is 4.90 Å². The molecule has 0 radical (unpaired) electrons. The fourth-order valence-electron chi connectivity index (χ4n) is 2.27. The van der Waals surface area contributed by atoms with Gasteiger partial charge in [0.25, 0.3) is 10.0 Å². The van der Waals surface area contributed by atoms with Gasteiger partial charge >= 0.3 is 0 Å². The molecular weight excluding hydrogens is 348 g/mol. The average Bonchev–Trinajstić information content (AvgIpc) is 2.96.